The van der Waals surface area contributed by atoms with Crippen LogP contribution in [0.4, 0.5) is 0 Å². The molecule has 4 heteroatoms. The first-order valence-electron chi connectivity index (χ1n) is 6.29. The van der Waals surface area contributed by atoms with E-state index in [4.69, 9.17) is 9.84 Å². The summed E-state index contributed by atoms with van der Waals surface area (Å²) >= 11 is 1.52. The number of rotatable bonds is 5. The summed E-state index contributed by atoms with van der Waals surface area (Å²) in [4.78, 5) is 10.7. The second kappa shape index (κ2) is 6.14. The van der Waals surface area contributed by atoms with Crippen LogP contribution in [0.5, 0.6) is 5.75 Å². The van der Waals surface area contributed by atoms with Gasteiger partial charge in [0.25, 0.3) is 0 Å². The fourth-order valence-electron chi connectivity index (χ4n) is 2.34. The van der Waals surface area contributed by atoms with Gasteiger partial charge in [0.1, 0.15) is 5.75 Å². The molecule has 0 amide bonds. The van der Waals surface area contributed by atoms with Crippen LogP contribution in [0.15, 0.2) is 18.2 Å². The first-order valence-corrected chi connectivity index (χ1v) is 7.34. The number of benzene rings is 1. The highest BCUT2D eigenvalue weighted by Crippen LogP contribution is 2.41. The van der Waals surface area contributed by atoms with E-state index in [1.54, 1.807) is 0 Å². The molecule has 0 spiro atoms. The first-order chi connectivity index (χ1) is 8.70. The van der Waals surface area contributed by atoms with Gasteiger partial charge in [0, 0.05) is 5.25 Å². The Labute approximate surface area is 112 Å². The van der Waals surface area contributed by atoms with Crippen molar-refractivity contribution in [1.82, 2.24) is 0 Å². The molecule has 1 atom stereocenters. The van der Waals surface area contributed by atoms with Gasteiger partial charge in [-0.2, -0.15) is 0 Å². The molecule has 0 saturated heterocycles. The van der Waals surface area contributed by atoms with Crippen LogP contribution in [-0.2, 0) is 11.2 Å². The number of thioether (sulfide) groups is 1. The van der Waals surface area contributed by atoms with Crippen molar-refractivity contribution >= 4 is 17.7 Å². The summed E-state index contributed by atoms with van der Waals surface area (Å²) in [6, 6.07) is 6.21. The summed E-state index contributed by atoms with van der Waals surface area (Å²) in [6.45, 7) is 2.63. The van der Waals surface area contributed by atoms with E-state index in [1.165, 1.54) is 22.9 Å². The van der Waals surface area contributed by atoms with Crippen molar-refractivity contribution in [2.24, 2.45) is 0 Å². The van der Waals surface area contributed by atoms with Crippen LogP contribution in [-0.4, -0.2) is 23.4 Å². The number of fused-ring (bicyclic) bond motifs is 1. The van der Waals surface area contributed by atoms with Crippen molar-refractivity contribution in [1.29, 1.82) is 0 Å². The van der Waals surface area contributed by atoms with Crippen LogP contribution in [0, 0.1) is 0 Å². The Hall–Kier alpha value is -1.16. The predicted molar refractivity (Wildman–Crippen MR) is 73.4 cm³/mol. The van der Waals surface area contributed by atoms with Crippen molar-refractivity contribution in [3.63, 3.8) is 0 Å². The van der Waals surface area contributed by atoms with Crippen LogP contribution < -0.4 is 4.74 Å². The maximum Gasteiger partial charge on any atom is 0.313 e. The molecule has 98 valence electrons. The normalized spacial score (nSPS) is 18.2. The van der Waals surface area contributed by atoms with Gasteiger partial charge in [-0.15, -0.1) is 11.8 Å². The Morgan fingerprint density at radius 3 is 3.11 bits per heavy atom. The third-order valence-corrected chi connectivity index (χ3v) is 4.40. The van der Waals surface area contributed by atoms with Crippen molar-refractivity contribution in [3.8, 4) is 5.75 Å². The Bertz CT molecular complexity index is 431. The van der Waals surface area contributed by atoms with Crippen LogP contribution in [0.25, 0.3) is 0 Å². The van der Waals surface area contributed by atoms with Gasteiger partial charge in [-0.25, -0.2) is 0 Å². The molecule has 1 aromatic carbocycles. The zero-order chi connectivity index (χ0) is 13.0. The molecule has 0 fully saturated rings. The van der Waals surface area contributed by atoms with E-state index in [2.05, 4.69) is 12.1 Å². The smallest absolute Gasteiger partial charge is 0.313 e. The fraction of sp³-hybridized carbons (Fsp3) is 0.500. The molecule has 0 heterocycles. The number of hydrogen-bond donors (Lipinski definition) is 1. The van der Waals surface area contributed by atoms with E-state index in [0.717, 1.165) is 25.0 Å². The lowest BCUT2D eigenvalue weighted by Crippen LogP contribution is -2.10. The molecule has 0 radical (unpaired) electrons. The topological polar surface area (TPSA) is 46.5 Å². The summed E-state index contributed by atoms with van der Waals surface area (Å²) in [7, 11) is 0. The predicted octanol–water partition coefficient (Wildman–Crippen LogP) is 3.28. The average molecular weight is 266 g/mol. The molecule has 0 saturated carbocycles. The highest BCUT2D eigenvalue weighted by Gasteiger charge is 2.21. The van der Waals surface area contributed by atoms with Crippen molar-refractivity contribution in [3.05, 3.63) is 29.3 Å². The molecule has 1 aliphatic rings. The highest BCUT2D eigenvalue weighted by molar-refractivity contribution is 8.00. The molecule has 3 nitrogen and oxygen atoms in total. The number of aryl methyl sites for hydroxylation is 1. The fourth-order valence-corrected chi connectivity index (χ4v) is 3.41. The number of carboxylic acid groups (broad SMARTS) is 1. The molecule has 0 aromatic heterocycles. The molecular formula is C14H18O3S. The minimum Gasteiger partial charge on any atom is -0.494 e. The molecule has 1 aliphatic carbocycles. The Morgan fingerprint density at radius 2 is 2.39 bits per heavy atom. The van der Waals surface area contributed by atoms with Gasteiger partial charge in [-0.1, -0.05) is 6.07 Å². The minimum absolute atomic E-state index is 0.170. The monoisotopic (exact) mass is 266 g/mol. The third-order valence-electron chi connectivity index (χ3n) is 3.10. The largest absolute Gasteiger partial charge is 0.494 e. The van der Waals surface area contributed by atoms with Crippen LogP contribution in [0.2, 0.25) is 0 Å². The quantitative estimate of drug-likeness (QED) is 0.888. The molecule has 0 aliphatic heterocycles. The molecule has 1 N–H and O–H groups in total. The van der Waals surface area contributed by atoms with Gasteiger partial charge in [-0.3, -0.25) is 4.79 Å². The first kappa shape index (κ1) is 13.3. The van der Waals surface area contributed by atoms with Crippen LogP contribution >= 0.6 is 11.8 Å². The van der Waals surface area contributed by atoms with Crippen LogP contribution in [0.3, 0.4) is 0 Å². The van der Waals surface area contributed by atoms with E-state index in [-0.39, 0.29) is 5.75 Å². The molecule has 2 rings (SSSR count). The minimum atomic E-state index is -0.743. The number of aliphatic carboxylic acids is 1. The third kappa shape index (κ3) is 3.19. The number of ether oxygens (including phenoxy) is 1. The average Bonchev–Trinajstić information content (AvgIpc) is 2.36. The van der Waals surface area contributed by atoms with Gasteiger partial charge < -0.3 is 9.84 Å². The van der Waals surface area contributed by atoms with Gasteiger partial charge in [0.15, 0.2) is 0 Å². The molecular weight excluding hydrogens is 248 g/mol. The molecule has 1 aromatic rings. The number of carboxylic acids is 1. The maximum absolute atomic E-state index is 10.7. The number of carbonyl (C=O) groups is 1. The van der Waals surface area contributed by atoms with E-state index in [9.17, 15) is 4.79 Å². The summed E-state index contributed by atoms with van der Waals surface area (Å²) in [5.74, 6) is 0.315. The van der Waals surface area contributed by atoms with E-state index >= 15 is 0 Å². The Balaban J connectivity index is 2.17. The zero-order valence-corrected chi connectivity index (χ0v) is 11.3. The second-order valence-corrected chi connectivity index (χ2v) is 5.57. The Kier molecular flexibility index (Phi) is 4.53. The highest BCUT2D eigenvalue weighted by atomic mass is 32.2. The second-order valence-electron chi connectivity index (χ2n) is 4.38. The van der Waals surface area contributed by atoms with E-state index in [0.29, 0.717) is 11.9 Å². The van der Waals surface area contributed by atoms with Crippen molar-refractivity contribution in [2.75, 3.05) is 12.4 Å². The van der Waals surface area contributed by atoms with E-state index < -0.39 is 5.97 Å². The van der Waals surface area contributed by atoms with Gasteiger partial charge in [0.2, 0.25) is 0 Å². The summed E-state index contributed by atoms with van der Waals surface area (Å²) < 4.78 is 5.52. The summed E-state index contributed by atoms with van der Waals surface area (Å²) in [6.07, 6.45) is 3.28. The molecule has 1 unspecified atom stereocenters. The van der Waals surface area contributed by atoms with Gasteiger partial charge in [0.05, 0.1) is 12.4 Å². The van der Waals surface area contributed by atoms with Crippen LogP contribution in [0.1, 0.15) is 36.1 Å². The van der Waals surface area contributed by atoms with Crippen molar-refractivity contribution < 1.29 is 14.6 Å². The standard InChI is InChI=1S/C14H18O3S/c1-2-17-11-7-6-10-4-3-5-13(12(10)8-11)18-9-14(15)16/h6-8,13H,2-5,9H2,1H3,(H,15,16). The lowest BCUT2D eigenvalue weighted by molar-refractivity contribution is -0.133. The zero-order valence-electron chi connectivity index (χ0n) is 10.5. The lowest BCUT2D eigenvalue weighted by Gasteiger charge is -2.25. The maximum atomic E-state index is 10.7. The molecule has 0 bridgehead atoms. The molecule has 18 heavy (non-hydrogen) atoms. The lowest BCUT2D eigenvalue weighted by atomic mass is 9.91. The summed E-state index contributed by atoms with van der Waals surface area (Å²) in [5.41, 5.74) is 2.60. The van der Waals surface area contributed by atoms with Gasteiger partial charge in [-0.05, 0) is 49.4 Å². The van der Waals surface area contributed by atoms with Crippen molar-refractivity contribution in [2.45, 2.75) is 31.4 Å². The number of hydrogen-bond acceptors (Lipinski definition) is 3. The SMILES string of the molecule is CCOc1ccc2c(c1)C(SCC(=O)O)CCC2. The van der Waals surface area contributed by atoms with Gasteiger partial charge >= 0.3 is 5.97 Å². The summed E-state index contributed by atoms with van der Waals surface area (Å²) in [5, 5.41) is 9.08. The van der Waals surface area contributed by atoms with E-state index in [1.807, 2.05) is 13.0 Å². The Morgan fingerprint density at radius 1 is 1.56 bits per heavy atom.